The number of fused-ring (bicyclic) bond motifs is 1. The van der Waals surface area contributed by atoms with E-state index in [9.17, 15) is 4.79 Å². The molecule has 2 aromatic heterocycles. The normalized spacial score (nSPS) is 21.1. The maximum atomic E-state index is 12.8. The van der Waals surface area contributed by atoms with Crippen molar-refractivity contribution in [3.05, 3.63) is 38.3 Å². The third kappa shape index (κ3) is 3.35. The van der Waals surface area contributed by atoms with E-state index in [2.05, 4.69) is 10.4 Å². The lowest BCUT2D eigenvalue weighted by Crippen LogP contribution is -2.31. The molecule has 1 amide bonds. The smallest absolute Gasteiger partial charge is 0.255 e. The SMILES string of the molecule is Cc1c(C(=O)N[C@@H]2CCCc3sc(Cl)cc32)cnn1C1CCOCC1. The van der Waals surface area contributed by atoms with Crippen LogP contribution in [0.4, 0.5) is 0 Å². The molecule has 0 unspecified atom stereocenters. The van der Waals surface area contributed by atoms with E-state index in [0.29, 0.717) is 11.6 Å². The molecule has 0 radical (unpaired) electrons. The minimum absolute atomic E-state index is 0.0454. The van der Waals surface area contributed by atoms with Crippen molar-refractivity contribution in [3.63, 3.8) is 0 Å². The van der Waals surface area contributed by atoms with E-state index in [0.717, 1.165) is 55.3 Å². The number of halogens is 1. The van der Waals surface area contributed by atoms with Crippen LogP contribution in [0.2, 0.25) is 4.34 Å². The Morgan fingerprint density at radius 1 is 1.40 bits per heavy atom. The summed E-state index contributed by atoms with van der Waals surface area (Å²) < 4.78 is 8.21. The van der Waals surface area contributed by atoms with Crippen molar-refractivity contribution < 1.29 is 9.53 Å². The predicted octanol–water partition coefficient (Wildman–Crippen LogP) is 4.07. The fraction of sp³-hybridized carbons (Fsp3) is 0.556. The van der Waals surface area contributed by atoms with Crippen LogP contribution in [0.5, 0.6) is 0 Å². The molecule has 134 valence electrons. The lowest BCUT2D eigenvalue weighted by atomic mass is 9.94. The summed E-state index contributed by atoms with van der Waals surface area (Å²) in [4.78, 5) is 14.1. The van der Waals surface area contributed by atoms with Crippen molar-refractivity contribution in [3.8, 4) is 0 Å². The zero-order valence-electron chi connectivity index (χ0n) is 14.3. The summed E-state index contributed by atoms with van der Waals surface area (Å²) in [6.07, 6.45) is 6.68. The number of amides is 1. The van der Waals surface area contributed by atoms with Crippen molar-refractivity contribution in [1.29, 1.82) is 0 Å². The van der Waals surface area contributed by atoms with Crippen LogP contribution in [0.25, 0.3) is 0 Å². The molecule has 1 aliphatic carbocycles. The number of rotatable bonds is 3. The van der Waals surface area contributed by atoms with E-state index in [1.807, 2.05) is 17.7 Å². The number of ether oxygens (including phenoxy) is 1. The van der Waals surface area contributed by atoms with Crippen molar-refractivity contribution in [2.24, 2.45) is 0 Å². The molecule has 0 aromatic carbocycles. The third-order valence-corrected chi connectivity index (χ3v) is 6.55. The summed E-state index contributed by atoms with van der Waals surface area (Å²) in [7, 11) is 0. The number of nitrogens with one attached hydrogen (secondary N) is 1. The van der Waals surface area contributed by atoms with Crippen LogP contribution in [0.3, 0.4) is 0 Å². The van der Waals surface area contributed by atoms with E-state index in [1.54, 1.807) is 17.5 Å². The third-order valence-electron chi connectivity index (χ3n) is 5.22. The summed E-state index contributed by atoms with van der Waals surface area (Å²) in [5.41, 5.74) is 2.78. The van der Waals surface area contributed by atoms with Gasteiger partial charge in [-0.2, -0.15) is 5.10 Å². The molecule has 2 aromatic rings. The average Bonchev–Trinajstić information content (AvgIpc) is 3.18. The molecular formula is C18H22ClN3O2S. The van der Waals surface area contributed by atoms with E-state index in [1.165, 1.54) is 10.4 Å². The predicted molar refractivity (Wildman–Crippen MR) is 98.5 cm³/mol. The van der Waals surface area contributed by atoms with Gasteiger partial charge in [-0.05, 0) is 50.7 Å². The first-order valence-electron chi connectivity index (χ1n) is 8.84. The highest BCUT2D eigenvalue weighted by Crippen LogP contribution is 2.38. The highest BCUT2D eigenvalue weighted by atomic mass is 35.5. The van der Waals surface area contributed by atoms with Crippen molar-refractivity contribution in [2.75, 3.05) is 13.2 Å². The molecular weight excluding hydrogens is 358 g/mol. The number of carbonyl (C=O) groups excluding carboxylic acids is 1. The second-order valence-corrected chi connectivity index (χ2v) is 8.55. The molecule has 0 saturated carbocycles. The number of hydrogen-bond donors (Lipinski definition) is 1. The Morgan fingerprint density at radius 2 is 2.20 bits per heavy atom. The minimum Gasteiger partial charge on any atom is -0.381 e. The summed E-state index contributed by atoms with van der Waals surface area (Å²) in [6, 6.07) is 2.38. The molecule has 7 heteroatoms. The van der Waals surface area contributed by atoms with Gasteiger partial charge in [0.2, 0.25) is 0 Å². The Bertz CT molecular complexity index is 779. The maximum absolute atomic E-state index is 12.8. The van der Waals surface area contributed by atoms with Gasteiger partial charge >= 0.3 is 0 Å². The molecule has 1 saturated heterocycles. The second kappa shape index (κ2) is 7.09. The number of hydrogen-bond acceptors (Lipinski definition) is 4. The van der Waals surface area contributed by atoms with Gasteiger partial charge in [-0.25, -0.2) is 0 Å². The topological polar surface area (TPSA) is 56.2 Å². The first kappa shape index (κ1) is 17.1. The van der Waals surface area contributed by atoms with Gasteiger partial charge in [0.15, 0.2) is 0 Å². The maximum Gasteiger partial charge on any atom is 0.255 e. The minimum atomic E-state index is -0.0454. The molecule has 25 heavy (non-hydrogen) atoms. The largest absolute Gasteiger partial charge is 0.381 e. The fourth-order valence-electron chi connectivity index (χ4n) is 3.85. The van der Waals surface area contributed by atoms with E-state index in [-0.39, 0.29) is 11.9 Å². The molecule has 2 aliphatic rings. The van der Waals surface area contributed by atoms with E-state index < -0.39 is 0 Å². The summed E-state index contributed by atoms with van der Waals surface area (Å²) in [6.45, 7) is 3.50. The van der Waals surface area contributed by atoms with Gasteiger partial charge in [-0.3, -0.25) is 9.48 Å². The molecule has 3 heterocycles. The van der Waals surface area contributed by atoms with Crippen LogP contribution in [-0.2, 0) is 11.2 Å². The van der Waals surface area contributed by atoms with Crippen LogP contribution in [0, 0.1) is 6.92 Å². The number of carbonyl (C=O) groups is 1. The molecule has 0 spiro atoms. The molecule has 1 N–H and O–H groups in total. The summed E-state index contributed by atoms with van der Waals surface area (Å²) in [5, 5.41) is 7.68. The zero-order valence-corrected chi connectivity index (χ0v) is 15.8. The average molecular weight is 380 g/mol. The number of nitrogens with zero attached hydrogens (tertiary/aromatic N) is 2. The van der Waals surface area contributed by atoms with Gasteiger partial charge in [0, 0.05) is 23.8 Å². The van der Waals surface area contributed by atoms with Gasteiger partial charge in [-0.15, -0.1) is 11.3 Å². The zero-order chi connectivity index (χ0) is 17.4. The van der Waals surface area contributed by atoms with Crippen molar-refractivity contribution in [2.45, 2.75) is 51.1 Å². The van der Waals surface area contributed by atoms with Crippen LogP contribution in [0.15, 0.2) is 12.3 Å². The Hall–Kier alpha value is -1.37. The Kier molecular flexibility index (Phi) is 4.84. The Labute approximate surface area is 156 Å². The fourth-order valence-corrected chi connectivity index (χ4v) is 5.24. The van der Waals surface area contributed by atoms with Crippen LogP contribution in [0.1, 0.15) is 64.3 Å². The molecule has 0 bridgehead atoms. The van der Waals surface area contributed by atoms with Crippen LogP contribution < -0.4 is 5.32 Å². The molecule has 4 rings (SSSR count). The summed E-state index contributed by atoms with van der Waals surface area (Å²) in [5.74, 6) is -0.0454. The van der Waals surface area contributed by atoms with Gasteiger partial charge in [0.25, 0.3) is 5.91 Å². The van der Waals surface area contributed by atoms with Crippen LogP contribution in [-0.4, -0.2) is 28.9 Å². The Balaban J connectivity index is 1.51. The van der Waals surface area contributed by atoms with Gasteiger partial charge < -0.3 is 10.1 Å². The Morgan fingerprint density at radius 3 is 3.00 bits per heavy atom. The second-order valence-electron chi connectivity index (χ2n) is 6.78. The summed E-state index contributed by atoms with van der Waals surface area (Å²) >= 11 is 7.80. The van der Waals surface area contributed by atoms with Gasteiger partial charge in [-0.1, -0.05) is 11.6 Å². The lowest BCUT2D eigenvalue weighted by Gasteiger charge is -2.24. The van der Waals surface area contributed by atoms with Gasteiger partial charge in [0.1, 0.15) is 0 Å². The molecule has 1 aliphatic heterocycles. The molecule has 1 atom stereocenters. The van der Waals surface area contributed by atoms with Crippen LogP contribution >= 0.6 is 22.9 Å². The quantitative estimate of drug-likeness (QED) is 0.874. The highest BCUT2D eigenvalue weighted by molar-refractivity contribution is 7.16. The molecule has 5 nitrogen and oxygen atoms in total. The number of aromatic nitrogens is 2. The van der Waals surface area contributed by atoms with Crippen molar-refractivity contribution >= 4 is 28.8 Å². The lowest BCUT2D eigenvalue weighted by molar-refractivity contribution is 0.0656. The molecule has 1 fully saturated rings. The van der Waals surface area contributed by atoms with E-state index >= 15 is 0 Å². The number of aryl methyl sites for hydroxylation is 1. The monoisotopic (exact) mass is 379 g/mol. The highest BCUT2D eigenvalue weighted by Gasteiger charge is 2.27. The van der Waals surface area contributed by atoms with Gasteiger partial charge in [0.05, 0.1) is 28.2 Å². The van der Waals surface area contributed by atoms with Crippen molar-refractivity contribution in [1.82, 2.24) is 15.1 Å². The number of thiophene rings is 1. The first-order chi connectivity index (χ1) is 12.1. The standard InChI is InChI=1S/C18H22ClN3O2S/c1-11-14(10-20-22(11)12-5-7-24-8-6-12)18(23)21-15-3-2-4-16-13(15)9-17(19)25-16/h9-10,12,15H,2-8H2,1H3,(H,21,23)/t15-/m1/s1. The van der Waals surface area contributed by atoms with E-state index in [4.69, 9.17) is 16.3 Å². The first-order valence-corrected chi connectivity index (χ1v) is 10.0.